The number of methoxy groups -OCH3 is 2. The highest BCUT2D eigenvalue weighted by Crippen LogP contribution is 2.14. The van der Waals surface area contributed by atoms with Crippen LogP contribution in [0.25, 0.3) is 0 Å². The molecule has 5 nitrogen and oxygen atoms in total. The van der Waals surface area contributed by atoms with Crippen molar-refractivity contribution in [2.45, 2.75) is 25.0 Å². The van der Waals surface area contributed by atoms with E-state index in [1.54, 1.807) is 14.2 Å². The highest BCUT2D eigenvalue weighted by Gasteiger charge is 2.11. The number of nitrogens with two attached hydrogens (primary N) is 1. The Morgan fingerprint density at radius 3 is 2.60 bits per heavy atom. The lowest BCUT2D eigenvalue weighted by Crippen LogP contribution is -2.35. The predicted molar refractivity (Wildman–Crippen MR) is 78.3 cm³/mol. The van der Waals surface area contributed by atoms with E-state index in [0.717, 1.165) is 5.56 Å². The average molecular weight is 280 g/mol. The van der Waals surface area contributed by atoms with Crippen LogP contribution in [0.4, 0.5) is 0 Å². The van der Waals surface area contributed by atoms with Crippen molar-refractivity contribution in [2.75, 3.05) is 27.4 Å². The van der Waals surface area contributed by atoms with E-state index in [-0.39, 0.29) is 18.1 Å². The van der Waals surface area contributed by atoms with Crippen LogP contribution in [0, 0.1) is 0 Å². The molecule has 1 rings (SSSR count). The van der Waals surface area contributed by atoms with Crippen LogP contribution >= 0.6 is 0 Å². The zero-order valence-corrected chi connectivity index (χ0v) is 12.2. The number of hydrogen-bond donors (Lipinski definition) is 2. The second-order valence-corrected chi connectivity index (χ2v) is 4.67. The zero-order chi connectivity index (χ0) is 14.8. The van der Waals surface area contributed by atoms with Crippen LogP contribution in [-0.2, 0) is 14.3 Å². The van der Waals surface area contributed by atoms with Crippen molar-refractivity contribution in [3.05, 3.63) is 35.9 Å². The SMILES string of the molecule is COCC(CNC(=O)CCC(N)c1ccccc1)OC. The quantitative estimate of drug-likeness (QED) is 0.714. The van der Waals surface area contributed by atoms with Gasteiger partial charge in [-0.3, -0.25) is 4.79 Å². The van der Waals surface area contributed by atoms with Crippen LogP contribution in [0.1, 0.15) is 24.4 Å². The van der Waals surface area contributed by atoms with Crippen molar-refractivity contribution < 1.29 is 14.3 Å². The molecule has 0 bridgehead atoms. The maximum Gasteiger partial charge on any atom is 0.220 e. The fourth-order valence-corrected chi connectivity index (χ4v) is 1.87. The van der Waals surface area contributed by atoms with Gasteiger partial charge in [-0.05, 0) is 12.0 Å². The van der Waals surface area contributed by atoms with Gasteiger partial charge in [-0.2, -0.15) is 0 Å². The summed E-state index contributed by atoms with van der Waals surface area (Å²) >= 11 is 0. The summed E-state index contributed by atoms with van der Waals surface area (Å²) in [6, 6.07) is 9.68. The van der Waals surface area contributed by atoms with E-state index in [9.17, 15) is 4.79 Å². The number of hydrogen-bond acceptors (Lipinski definition) is 4. The van der Waals surface area contributed by atoms with Crippen LogP contribution in [0.5, 0.6) is 0 Å². The van der Waals surface area contributed by atoms with E-state index in [0.29, 0.717) is 26.0 Å². The maximum absolute atomic E-state index is 11.7. The van der Waals surface area contributed by atoms with Gasteiger partial charge in [0.25, 0.3) is 0 Å². The molecule has 1 aromatic rings. The molecule has 20 heavy (non-hydrogen) atoms. The lowest BCUT2D eigenvalue weighted by atomic mass is 10.0. The second kappa shape index (κ2) is 9.47. The Bertz CT molecular complexity index is 384. The minimum atomic E-state index is -0.119. The summed E-state index contributed by atoms with van der Waals surface area (Å²) in [5.41, 5.74) is 7.10. The third kappa shape index (κ3) is 6.14. The van der Waals surface area contributed by atoms with Crippen molar-refractivity contribution in [3.63, 3.8) is 0 Å². The molecule has 2 unspecified atom stereocenters. The molecular formula is C15H24N2O3. The van der Waals surface area contributed by atoms with Crippen molar-refractivity contribution in [1.29, 1.82) is 0 Å². The van der Waals surface area contributed by atoms with Gasteiger partial charge in [0.15, 0.2) is 0 Å². The number of amides is 1. The van der Waals surface area contributed by atoms with Crippen molar-refractivity contribution in [1.82, 2.24) is 5.32 Å². The van der Waals surface area contributed by atoms with Gasteiger partial charge in [0.05, 0.1) is 12.7 Å². The molecule has 3 N–H and O–H groups in total. The van der Waals surface area contributed by atoms with Crippen LogP contribution in [0.3, 0.4) is 0 Å². The van der Waals surface area contributed by atoms with E-state index >= 15 is 0 Å². The third-order valence-corrected chi connectivity index (χ3v) is 3.12. The molecule has 0 saturated heterocycles. The lowest BCUT2D eigenvalue weighted by Gasteiger charge is -2.16. The summed E-state index contributed by atoms with van der Waals surface area (Å²) in [4.78, 5) is 11.7. The molecule has 0 radical (unpaired) electrons. The minimum absolute atomic E-state index is 0.0189. The summed E-state index contributed by atoms with van der Waals surface area (Å²) in [5.74, 6) is -0.0189. The zero-order valence-electron chi connectivity index (χ0n) is 12.2. The first-order valence-corrected chi connectivity index (χ1v) is 6.76. The van der Waals surface area contributed by atoms with Gasteiger partial charge < -0.3 is 20.5 Å². The molecular weight excluding hydrogens is 256 g/mol. The Morgan fingerprint density at radius 1 is 1.30 bits per heavy atom. The normalized spacial score (nSPS) is 13.8. The molecule has 0 fully saturated rings. The first-order chi connectivity index (χ1) is 9.67. The van der Waals surface area contributed by atoms with Crippen molar-refractivity contribution >= 4 is 5.91 Å². The maximum atomic E-state index is 11.7. The number of carbonyl (C=O) groups excluding carboxylic acids is 1. The number of nitrogens with one attached hydrogen (secondary N) is 1. The highest BCUT2D eigenvalue weighted by atomic mass is 16.5. The van der Waals surface area contributed by atoms with E-state index in [2.05, 4.69) is 5.32 Å². The largest absolute Gasteiger partial charge is 0.382 e. The van der Waals surface area contributed by atoms with Gasteiger partial charge in [-0.15, -0.1) is 0 Å². The Morgan fingerprint density at radius 2 is 2.00 bits per heavy atom. The highest BCUT2D eigenvalue weighted by molar-refractivity contribution is 5.75. The molecule has 5 heteroatoms. The number of rotatable bonds is 9. The molecule has 0 aromatic heterocycles. The summed E-state index contributed by atoms with van der Waals surface area (Å²) in [7, 11) is 3.20. The van der Waals surface area contributed by atoms with E-state index < -0.39 is 0 Å². The minimum Gasteiger partial charge on any atom is -0.382 e. The van der Waals surface area contributed by atoms with Gasteiger partial charge in [-0.1, -0.05) is 30.3 Å². The van der Waals surface area contributed by atoms with Gasteiger partial charge >= 0.3 is 0 Å². The van der Waals surface area contributed by atoms with Gasteiger partial charge in [-0.25, -0.2) is 0 Å². The van der Waals surface area contributed by atoms with Crippen LogP contribution < -0.4 is 11.1 Å². The van der Waals surface area contributed by atoms with Gasteiger partial charge in [0.1, 0.15) is 0 Å². The standard InChI is InChI=1S/C15H24N2O3/c1-19-11-13(20-2)10-17-15(18)9-8-14(16)12-6-4-3-5-7-12/h3-7,13-14H,8-11,16H2,1-2H3,(H,17,18). The van der Waals surface area contributed by atoms with Gasteiger partial charge in [0.2, 0.25) is 5.91 Å². The topological polar surface area (TPSA) is 73.6 Å². The average Bonchev–Trinajstić information content (AvgIpc) is 2.49. The number of ether oxygens (including phenoxy) is 2. The first kappa shape index (κ1) is 16.6. The Balaban J connectivity index is 2.26. The summed E-state index contributed by atoms with van der Waals surface area (Å²) in [6.45, 7) is 0.907. The van der Waals surface area contributed by atoms with Crippen LogP contribution in [0.2, 0.25) is 0 Å². The molecule has 2 atom stereocenters. The molecule has 112 valence electrons. The van der Waals surface area contributed by atoms with Crippen molar-refractivity contribution in [2.24, 2.45) is 5.73 Å². The Kier molecular flexibility index (Phi) is 7.87. The fraction of sp³-hybridized carbons (Fsp3) is 0.533. The second-order valence-electron chi connectivity index (χ2n) is 4.67. The molecule has 1 aromatic carbocycles. The number of carbonyl (C=O) groups is 1. The summed E-state index contributed by atoms with van der Waals surface area (Å²) < 4.78 is 10.2. The number of benzene rings is 1. The molecule has 0 aliphatic rings. The van der Waals surface area contributed by atoms with Crippen LogP contribution in [0.15, 0.2) is 30.3 Å². The fourth-order valence-electron chi connectivity index (χ4n) is 1.87. The van der Waals surface area contributed by atoms with Crippen LogP contribution in [-0.4, -0.2) is 39.4 Å². The molecule has 0 aliphatic carbocycles. The van der Waals surface area contributed by atoms with E-state index in [1.165, 1.54) is 0 Å². The third-order valence-electron chi connectivity index (χ3n) is 3.12. The summed E-state index contributed by atoms with van der Waals surface area (Å²) in [5, 5.41) is 2.83. The molecule has 0 saturated carbocycles. The Hall–Kier alpha value is -1.43. The molecule has 1 amide bonds. The monoisotopic (exact) mass is 280 g/mol. The predicted octanol–water partition coefficient (Wildman–Crippen LogP) is 1.24. The lowest BCUT2D eigenvalue weighted by molar-refractivity contribution is -0.122. The molecule has 0 spiro atoms. The smallest absolute Gasteiger partial charge is 0.220 e. The van der Waals surface area contributed by atoms with Gasteiger partial charge in [0, 0.05) is 33.2 Å². The van der Waals surface area contributed by atoms with E-state index in [4.69, 9.17) is 15.2 Å². The van der Waals surface area contributed by atoms with E-state index in [1.807, 2.05) is 30.3 Å². The van der Waals surface area contributed by atoms with Crippen molar-refractivity contribution in [3.8, 4) is 0 Å². The first-order valence-electron chi connectivity index (χ1n) is 6.76. The molecule has 0 aliphatic heterocycles. The Labute approximate surface area is 120 Å². The molecule has 0 heterocycles. The summed E-state index contributed by atoms with van der Waals surface area (Å²) in [6.07, 6.45) is 0.906.